The minimum absolute atomic E-state index is 0.187. The van der Waals surface area contributed by atoms with E-state index in [1.165, 1.54) is 0 Å². The third-order valence-corrected chi connectivity index (χ3v) is 8.20. The maximum absolute atomic E-state index is 14.8. The number of nitrogens with one attached hydrogen (secondary N) is 1. The number of fused-ring (bicyclic) bond motifs is 6. The zero-order valence-corrected chi connectivity index (χ0v) is 19.7. The van der Waals surface area contributed by atoms with E-state index in [-0.39, 0.29) is 17.3 Å². The van der Waals surface area contributed by atoms with Gasteiger partial charge >= 0.3 is 0 Å². The summed E-state index contributed by atoms with van der Waals surface area (Å²) < 4.78 is 0. The van der Waals surface area contributed by atoms with E-state index in [4.69, 9.17) is 0 Å². The normalized spacial score (nSPS) is 21.0. The quantitative estimate of drug-likeness (QED) is 0.414. The molecule has 1 saturated heterocycles. The molecule has 1 N–H and O–H groups in total. The summed E-state index contributed by atoms with van der Waals surface area (Å²) in [5.74, 6) is -0.0279. The first-order valence-corrected chi connectivity index (χ1v) is 12.5. The van der Waals surface area contributed by atoms with Crippen molar-refractivity contribution < 1.29 is 14.4 Å². The van der Waals surface area contributed by atoms with Gasteiger partial charge in [0.2, 0.25) is 0 Å². The zero-order chi connectivity index (χ0) is 24.9. The Hall–Kier alpha value is -4.77. The minimum atomic E-state index is -1.54. The molecular weight excluding hydrogens is 460 g/mol. The van der Waals surface area contributed by atoms with E-state index in [0.29, 0.717) is 52.3 Å². The average Bonchev–Trinajstić information content (AvgIpc) is 3.60. The van der Waals surface area contributed by atoms with Crippen LogP contribution >= 0.6 is 0 Å². The predicted molar refractivity (Wildman–Crippen MR) is 140 cm³/mol. The van der Waals surface area contributed by atoms with Crippen LogP contribution in [0.5, 0.6) is 0 Å². The molecule has 0 saturated carbocycles. The number of carbonyl (C=O) groups is 3. The Kier molecular flexibility index (Phi) is 3.82. The number of carbonyl (C=O) groups excluding carboxylic acids is 3. The summed E-state index contributed by atoms with van der Waals surface area (Å²) in [6, 6.07) is 28.0. The maximum Gasteiger partial charge on any atom is 0.194 e. The first-order valence-electron chi connectivity index (χ1n) is 12.5. The molecule has 1 atom stereocenters. The Morgan fingerprint density at radius 2 is 1.49 bits per heavy atom. The molecule has 176 valence electrons. The molecule has 5 nitrogen and oxygen atoms in total. The van der Waals surface area contributed by atoms with Gasteiger partial charge in [-0.1, -0.05) is 91.0 Å². The fourth-order valence-corrected chi connectivity index (χ4v) is 6.81. The van der Waals surface area contributed by atoms with Gasteiger partial charge < -0.3 is 10.2 Å². The SMILES string of the molecule is O=C(C1=C2NCCN2C2=C(C(=O)c3ccccc32)[C@@]12C(=O)c1cccc3cccc2c13)c1ccccc1. The van der Waals surface area contributed by atoms with Crippen molar-refractivity contribution in [1.29, 1.82) is 0 Å². The second-order valence-corrected chi connectivity index (χ2v) is 9.88. The van der Waals surface area contributed by atoms with E-state index in [9.17, 15) is 14.4 Å². The van der Waals surface area contributed by atoms with E-state index in [0.717, 1.165) is 22.0 Å². The van der Waals surface area contributed by atoms with Gasteiger partial charge in [0, 0.05) is 40.9 Å². The molecule has 4 aromatic rings. The van der Waals surface area contributed by atoms with Crippen molar-refractivity contribution in [3.8, 4) is 0 Å². The van der Waals surface area contributed by atoms with Gasteiger partial charge in [0.1, 0.15) is 11.2 Å². The fourth-order valence-electron chi connectivity index (χ4n) is 6.81. The number of benzene rings is 4. The fraction of sp³-hybridized carbons (Fsp3) is 0.0938. The summed E-state index contributed by atoms with van der Waals surface area (Å²) in [7, 11) is 0. The van der Waals surface area contributed by atoms with E-state index in [1.54, 1.807) is 12.1 Å². The molecule has 2 aliphatic carbocycles. The monoisotopic (exact) mass is 480 g/mol. The molecular formula is C32H20N2O3. The summed E-state index contributed by atoms with van der Waals surface area (Å²) >= 11 is 0. The van der Waals surface area contributed by atoms with Crippen LogP contribution in [0.1, 0.15) is 42.2 Å². The van der Waals surface area contributed by atoms with Crippen LogP contribution in [0.2, 0.25) is 0 Å². The highest BCUT2D eigenvalue weighted by atomic mass is 16.1. The minimum Gasteiger partial charge on any atom is -0.369 e. The molecule has 0 amide bonds. The maximum atomic E-state index is 14.8. The second-order valence-electron chi connectivity index (χ2n) is 9.88. The molecule has 0 bridgehead atoms. The Balaban J connectivity index is 1.55. The first-order chi connectivity index (χ1) is 18.1. The van der Waals surface area contributed by atoms with E-state index >= 15 is 0 Å². The highest BCUT2D eigenvalue weighted by Gasteiger charge is 2.63. The molecule has 4 aliphatic rings. The van der Waals surface area contributed by atoms with Crippen LogP contribution in [0.3, 0.4) is 0 Å². The second kappa shape index (κ2) is 6.92. The lowest BCUT2D eigenvalue weighted by atomic mass is 9.63. The highest BCUT2D eigenvalue weighted by Crippen LogP contribution is 2.60. The summed E-state index contributed by atoms with van der Waals surface area (Å²) in [6.45, 7) is 1.21. The van der Waals surface area contributed by atoms with Crippen LogP contribution in [-0.2, 0) is 5.41 Å². The van der Waals surface area contributed by atoms with Gasteiger partial charge in [0.25, 0.3) is 0 Å². The summed E-state index contributed by atoms with van der Waals surface area (Å²) in [4.78, 5) is 45.6. The smallest absolute Gasteiger partial charge is 0.194 e. The van der Waals surface area contributed by atoms with Crippen molar-refractivity contribution >= 4 is 33.8 Å². The van der Waals surface area contributed by atoms with Crippen molar-refractivity contribution in [3.63, 3.8) is 0 Å². The van der Waals surface area contributed by atoms with Crippen molar-refractivity contribution in [1.82, 2.24) is 10.2 Å². The van der Waals surface area contributed by atoms with Crippen molar-refractivity contribution in [2.75, 3.05) is 13.1 Å². The number of ketones is 3. The van der Waals surface area contributed by atoms with Crippen LogP contribution in [0, 0.1) is 0 Å². The third-order valence-electron chi connectivity index (χ3n) is 8.20. The van der Waals surface area contributed by atoms with Gasteiger partial charge in [0.05, 0.1) is 11.3 Å². The van der Waals surface area contributed by atoms with Gasteiger partial charge in [-0.2, -0.15) is 0 Å². The Bertz CT molecular complexity index is 1810. The van der Waals surface area contributed by atoms with Crippen LogP contribution in [0.15, 0.2) is 108 Å². The predicted octanol–water partition coefficient (Wildman–Crippen LogP) is 4.89. The number of Topliss-reactive ketones (excluding diaryl/α,β-unsaturated/α-hetero) is 3. The average molecular weight is 481 g/mol. The number of nitrogens with zero attached hydrogens (tertiary/aromatic N) is 1. The first kappa shape index (κ1) is 20.4. The summed E-state index contributed by atoms with van der Waals surface area (Å²) in [5, 5.41) is 5.17. The van der Waals surface area contributed by atoms with Crippen LogP contribution in [0.4, 0.5) is 0 Å². The third kappa shape index (κ3) is 2.28. The van der Waals surface area contributed by atoms with E-state index in [2.05, 4.69) is 5.32 Å². The molecule has 2 aliphatic heterocycles. The molecule has 4 aromatic carbocycles. The van der Waals surface area contributed by atoms with E-state index in [1.807, 2.05) is 83.8 Å². The standard InChI is InChI=1S/C32H20N2O3/c35-28(19-8-2-1-3-9-19)26-31-33-16-17-34(31)27-20-12-4-5-13-21(20)29(36)25(27)32(26)23-15-7-11-18-10-6-14-22(24(18)23)30(32)37/h1-15,33H,16-17H2/t32-/m1/s1. The molecule has 2 heterocycles. The molecule has 8 rings (SSSR count). The van der Waals surface area contributed by atoms with Crippen LogP contribution in [-0.4, -0.2) is 35.3 Å². The zero-order valence-electron chi connectivity index (χ0n) is 19.7. The van der Waals surface area contributed by atoms with Crippen LogP contribution < -0.4 is 5.32 Å². The van der Waals surface area contributed by atoms with Gasteiger partial charge in [-0.25, -0.2) is 0 Å². The van der Waals surface area contributed by atoms with Crippen molar-refractivity contribution in [3.05, 3.63) is 136 Å². The number of allylic oxidation sites excluding steroid dienone is 2. The Morgan fingerprint density at radius 1 is 0.784 bits per heavy atom. The summed E-state index contributed by atoms with van der Waals surface area (Å²) in [6.07, 6.45) is 0. The summed E-state index contributed by atoms with van der Waals surface area (Å²) in [5.41, 5.74) is 3.06. The van der Waals surface area contributed by atoms with Crippen LogP contribution in [0.25, 0.3) is 16.5 Å². The Labute approximate surface area is 212 Å². The largest absolute Gasteiger partial charge is 0.369 e. The lowest BCUT2D eigenvalue weighted by molar-refractivity contribution is 0.0877. The van der Waals surface area contributed by atoms with Gasteiger partial charge in [-0.15, -0.1) is 0 Å². The van der Waals surface area contributed by atoms with Crippen molar-refractivity contribution in [2.45, 2.75) is 5.41 Å². The lowest BCUT2D eigenvalue weighted by Gasteiger charge is -2.40. The molecule has 37 heavy (non-hydrogen) atoms. The molecule has 1 fully saturated rings. The number of hydrogen-bond acceptors (Lipinski definition) is 5. The van der Waals surface area contributed by atoms with Gasteiger partial charge in [0.15, 0.2) is 17.3 Å². The molecule has 0 radical (unpaired) electrons. The molecule has 0 aromatic heterocycles. The molecule has 1 spiro atoms. The number of rotatable bonds is 2. The van der Waals surface area contributed by atoms with E-state index < -0.39 is 5.41 Å². The van der Waals surface area contributed by atoms with Gasteiger partial charge in [-0.05, 0) is 16.3 Å². The lowest BCUT2D eigenvalue weighted by Crippen LogP contribution is -2.47. The topological polar surface area (TPSA) is 66.5 Å². The number of hydrogen-bond donors (Lipinski definition) is 1. The molecule has 5 heteroatoms. The van der Waals surface area contributed by atoms with Crippen molar-refractivity contribution in [2.24, 2.45) is 0 Å². The Morgan fingerprint density at radius 3 is 2.30 bits per heavy atom. The molecule has 0 unspecified atom stereocenters. The van der Waals surface area contributed by atoms with Gasteiger partial charge in [-0.3, -0.25) is 14.4 Å². The highest BCUT2D eigenvalue weighted by molar-refractivity contribution is 6.36.